The molecule has 3 N–H and O–H groups in total. The molecule has 5 heteroatoms. The van der Waals surface area contributed by atoms with E-state index in [4.69, 9.17) is 0 Å². The third kappa shape index (κ3) is 7.91. The summed E-state index contributed by atoms with van der Waals surface area (Å²) in [5.74, 6) is 0. The third-order valence-electron chi connectivity index (χ3n) is 13.5. The zero-order valence-corrected chi connectivity index (χ0v) is 39.0. The first-order chi connectivity index (χ1) is 33.2. The van der Waals surface area contributed by atoms with E-state index in [2.05, 4.69) is 239 Å². The SMILES string of the molecule is C1=CCCC(C2=C(CNc3cc4c(cc3Nc3ccccc3-c3ccccc3)[se]c3cc5c(cc34)NC(c3ccccc3-c3ccccc3)N5c3ccccc3-c3ccccc3)C=CCC2)=C1. The number of rotatable bonds is 11. The monoisotopic (exact) mass is 930 g/mol. The molecule has 0 spiro atoms. The second kappa shape index (κ2) is 18.0. The van der Waals surface area contributed by atoms with Crippen molar-refractivity contribution in [3.8, 4) is 33.4 Å². The number of anilines is 6. The summed E-state index contributed by atoms with van der Waals surface area (Å²) in [6, 6.07) is 68.6. The summed E-state index contributed by atoms with van der Waals surface area (Å²) in [6.07, 6.45) is 15.8. The van der Waals surface area contributed by atoms with E-state index in [1.165, 1.54) is 86.3 Å². The van der Waals surface area contributed by atoms with E-state index in [0.29, 0.717) is 0 Å². The van der Waals surface area contributed by atoms with Gasteiger partial charge in [-0.2, -0.15) is 0 Å². The Morgan fingerprint density at radius 1 is 0.537 bits per heavy atom. The van der Waals surface area contributed by atoms with Gasteiger partial charge in [-0.3, -0.25) is 0 Å². The minimum atomic E-state index is -0.139. The van der Waals surface area contributed by atoms with Gasteiger partial charge >= 0.3 is 401 Å². The fourth-order valence-electron chi connectivity index (χ4n) is 10.3. The molecule has 12 rings (SSSR count). The molecular weight excluding hydrogens is 880 g/mol. The fourth-order valence-corrected chi connectivity index (χ4v) is 12.7. The Labute approximate surface area is 399 Å². The average molecular weight is 930 g/mol. The van der Waals surface area contributed by atoms with Gasteiger partial charge in [0.05, 0.1) is 0 Å². The van der Waals surface area contributed by atoms with E-state index in [9.17, 15) is 0 Å². The molecule has 2 aliphatic carbocycles. The van der Waals surface area contributed by atoms with E-state index in [0.717, 1.165) is 55.0 Å². The molecular formula is C62H50N4Se. The number of fused-ring (bicyclic) bond motifs is 4. The van der Waals surface area contributed by atoms with Gasteiger partial charge in [0, 0.05) is 0 Å². The fraction of sp³-hybridized carbons (Fsp3) is 0.0968. The van der Waals surface area contributed by atoms with Crippen LogP contribution in [0.1, 0.15) is 37.4 Å². The van der Waals surface area contributed by atoms with E-state index < -0.39 is 0 Å². The van der Waals surface area contributed by atoms with E-state index in [1.807, 2.05) is 0 Å². The molecule has 3 aliphatic rings. The zero-order valence-electron chi connectivity index (χ0n) is 37.3. The van der Waals surface area contributed by atoms with Crippen LogP contribution in [0.4, 0.5) is 34.1 Å². The second-order valence-corrected chi connectivity index (χ2v) is 19.9. The molecule has 1 aliphatic heterocycles. The van der Waals surface area contributed by atoms with Crippen molar-refractivity contribution in [1.29, 1.82) is 0 Å². The molecule has 2 heterocycles. The van der Waals surface area contributed by atoms with E-state index >= 15 is 0 Å². The van der Waals surface area contributed by atoms with Crippen LogP contribution in [0.5, 0.6) is 0 Å². The maximum absolute atomic E-state index is 4.11. The van der Waals surface area contributed by atoms with E-state index in [1.54, 1.807) is 0 Å². The molecule has 0 amide bonds. The van der Waals surface area contributed by atoms with Crippen LogP contribution >= 0.6 is 0 Å². The van der Waals surface area contributed by atoms with Crippen molar-refractivity contribution >= 4 is 67.9 Å². The van der Waals surface area contributed by atoms with Crippen molar-refractivity contribution in [2.24, 2.45) is 0 Å². The maximum atomic E-state index is 4.11. The zero-order chi connectivity index (χ0) is 44.5. The van der Waals surface area contributed by atoms with Crippen LogP contribution in [0.3, 0.4) is 0 Å². The Hall–Kier alpha value is -7.56. The van der Waals surface area contributed by atoms with Crippen molar-refractivity contribution in [1.82, 2.24) is 0 Å². The van der Waals surface area contributed by atoms with Crippen molar-refractivity contribution in [3.63, 3.8) is 0 Å². The second-order valence-electron chi connectivity index (χ2n) is 17.6. The molecule has 8 aromatic carbocycles. The number of nitrogens with one attached hydrogen (secondary N) is 3. The number of allylic oxidation sites excluding steroid dienone is 6. The van der Waals surface area contributed by atoms with Gasteiger partial charge in [0.2, 0.25) is 0 Å². The van der Waals surface area contributed by atoms with E-state index in [-0.39, 0.29) is 20.7 Å². The predicted molar refractivity (Wildman–Crippen MR) is 286 cm³/mol. The summed E-state index contributed by atoms with van der Waals surface area (Å²) >= 11 is 0.0705. The number of hydrogen-bond acceptors (Lipinski definition) is 4. The summed E-state index contributed by atoms with van der Waals surface area (Å²) in [5, 5.41) is 14.7. The molecule has 0 saturated heterocycles. The summed E-state index contributed by atoms with van der Waals surface area (Å²) < 4.78 is 2.78. The molecule has 1 atom stereocenters. The molecule has 0 fully saturated rings. The number of hydrogen-bond donors (Lipinski definition) is 3. The van der Waals surface area contributed by atoms with Gasteiger partial charge in [-0.25, -0.2) is 0 Å². The summed E-state index contributed by atoms with van der Waals surface area (Å²) in [4.78, 5) is 2.56. The Bertz CT molecular complexity index is 3420. The van der Waals surface area contributed by atoms with Gasteiger partial charge in [0.25, 0.3) is 0 Å². The summed E-state index contributed by atoms with van der Waals surface area (Å²) in [7, 11) is 0. The van der Waals surface area contributed by atoms with Crippen LogP contribution in [-0.2, 0) is 0 Å². The minimum absolute atomic E-state index is 0.0705. The van der Waals surface area contributed by atoms with Crippen LogP contribution in [0.2, 0.25) is 0 Å². The topological polar surface area (TPSA) is 39.3 Å². The molecule has 9 aromatic rings. The normalized spacial score (nSPS) is 15.4. The van der Waals surface area contributed by atoms with Crippen LogP contribution in [0.25, 0.3) is 52.7 Å². The first-order valence-corrected chi connectivity index (χ1v) is 25.2. The van der Waals surface area contributed by atoms with Crippen LogP contribution in [-0.4, -0.2) is 21.0 Å². The summed E-state index contributed by atoms with van der Waals surface area (Å²) in [5.41, 5.74) is 19.6. The van der Waals surface area contributed by atoms with Crippen molar-refractivity contribution in [3.05, 3.63) is 241 Å². The molecule has 67 heavy (non-hydrogen) atoms. The molecule has 1 aromatic heterocycles. The average Bonchev–Trinajstić information content (AvgIpc) is 3.95. The Morgan fingerprint density at radius 2 is 1.16 bits per heavy atom. The van der Waals surface area contributed by atoms with Crippen LogP contribution in [0, 0.1) is 0 Å². The first-order valence-electron chi connectivity index (χ1n) is 23.5. The van der Waals surface area contributed by atoms with Crippen LogP contribution < -0.4 is 20.9 Å². The predicted octanol–water partition coefficient (Wildman–Crippen LogP) is 16.4. The Morgan fingerprint density at radius 3 is 1.93 bits per heavy atom. The third-order valence-corrected chi connectivity index (χ3v) is 15.9. The Kier molecular flexibility index (Phi) is 11.0. The molecule has 0 radical (unpaired) electrons. The standard InChI is InChI=1S/C62H50N4Se/c1-5-21-42(22-6-1)47-30-14-13-29-46(47)41-63-55-37-52-53-38-57-59(40-61(53)67-60(52)39-56(55)64-54-35-19-17-32-49(54)44-25-9-3-10-26-44)66(58-36-20-18-33-50(58)45-27-11-4-12-28-45)62(65-57)51-34-16-15-31-48(51)43-23-7-2-8-24-43/h1-5,7-13,15-21,23-29,31-40,62-65H,6,14,22,30,41H2. The first kappa shape index (κ1) is 40.9. The van der Waals surface area contributed by atoms with Crippen molar-refractivity contribution < 1.29 is 0 Å². The molecule has 0 saturated carbocycles. The van der Waals surface area contributed by atoms with Gasteiger partial charge in [-0.15, -0.1) is 0 Å². The quantitative estimate of drug-likeness (QED) is 0.113. The van der Waals surface area contributed by atoms with Gasteiger partial charge in [0.15, 0.2) is 0 Å². The molecule has 1 unspecified atom stereocenters. The van der Waals surface area contributed by atoms with Gasteiger partial charge in [-0.05, 0) is 0 Å². The van der Waals surface area contributed by atoms with Crippen molar-refractivity contribution in [2.45, 2.75) is 31.8 Å². The molecule has 0 bridgehead atoms. The van der Waals surface area contributed by atoms with Gasteiger partial charge in [0.1, 0.15) is 0 Å². The number of nitrogens with zero attached hydrogens (tertiary/aromatic N) is 1. The van der Waals surface area contributed by atoms with Crippen LogP contribution in [0.15, 0.2) is 235 Å². The summed E-state index contributed by atoms with van der Waals surface area (Å²) in [6.45, 7) is 0.753. The van der Waals surface area contributed by atoms with Gasteiger partial charge in [-0.1, -0.05) is 0 Å². The Balaban J connectivity index is 1.01. The number of para-hydroxylation sites is 2. The van der Waals surface area contributed by atoms with Gasteiger partial charge < -0.3 is 0 Å². The molecule has 4 nitrogen and oxygen atoms in total. The molecule has 324 valence electrons. The number of benzene rings is 8. The van der Waals surface area contributed by atoms with Crippen molar-refractivity contribution in [2.75, 3.05) is 27.4 Å².